The van der Waals surface area contributed by atoms with Crippen LogP contribution in [-0.2, 0) is 9.59 Å². The molecule has 94 valence electrons. The number of rotatable bonds is 5. The van der Waals surface area contributed by atoms with Crippen LogP contribution in [0.1, 0.15) is 26.2 Å². The zero-order valence-corrected chi connectivity index (χ0v) is 10.4. The molecule has 1 rings (SSSR count). The third kappa shape index (κ3) is 4.37. The second-order valence-electron chi connectivity index (χ2n) is 3.88. The van der Waals surface area contributed by atoms with E-state index in [-0.39, 0.29) is 30.8 Å². The Balaban J connectivity index is 0.00000225. The molecule has 0 aromatic rings. The lowest BCUT2D eigenvalue weighted by atomic mass is 10.2. The van der Waals surface area contributed by atoms with Crippen LogP contribution >= 0.6 is 12.4 Å². The molecule has 0 aromatic carbocycles. The lowest BCUT2D eigenvalue weighted by Crippen LogP contribution is -2.43. The Kier molecular flexibility index (Phi) is 7.08. The molecule has 6 heteroatoms. The number of carbonyl (C=O) groups excluding carboxylic acids is 2. The van der Waals surface area contributed by atoms with Crippen molar-refractivity contribution in [2.45, 2.75) is 32.2 Å². The third-order valence-corrected chi connectivity index (χ3v) is 2.59. The first-order valence-electron chi connectivity index (χ1n) is 5.43. The van der Waals surface area contributed by atoms with Crippen molar-refractivity contribution < 1.29 is 9.59 Å². The van der Waals surface area contributed by atoms with Crippen LogP contribution in [0.4, 0.5) is 0 Å². The molecule has 0 aromatic heterocycles. The van der Waals surface area contributed by atoms with Gasteiger partial charge < -0.3 is 16.0 Å². The van der Waals surface area contributed by atoms with Crippen LogP contribution in [-0.4, -0.2) is 42.4 Å². The Labute approximate surface area is 102 Å². The van der Waals surface area contributed by atoms with Crippen molar-refractivity contribution >= 4 is 24.2 Å². The number of primary amides is 1. The summed E-state index contributed by atoms with van der Waals surface area (Å²) >= 11 is 0. The molecule has 1 unspecified atom stereocenters. The molecule has 1 fully saturated rings. The smallest absolute Gasteiger partial charge is 0.232 e. The number of hydrogen-bond donors (Lipinski definition) is 2. The van der Waals surface area contributed by atoms with E-state index >= 15 is 0 Å². The Hall–Kier alpha value is -0.810. The molecule has 0 bridgehead atoms. The van der Waals surface area contributed by atoms with Crippen molar-refractivity contribution in [1.82, 2.24) is 10.2 Å². The van der Waals surface area contributed by atoms with E-state index in [9.17, 15) is 9.59 Å². The molecular weight excluding hydrogens is 230 g/mol. The summed E-state index contributed by atoms with van der Waals surface area (Å²) in [5, 5.41) is 3.21. The van der Waals surface area contributed by atoms with Crippen molar-refractivity contribution in [2.24, 2.45) is 5.73 Å². The molecule has 0 saturated carbocycles. The summed E-state index contributed by atoms with van der Waals surface area (Å²) in [6.45, 7) is 4.49. The molecule has 1 aliphatic heterocycles. The predicted molar refractivity (Wildman–Crippen MR) is 64.3 cm³/mol. The lowest BCUT2D eigenvalue weighted by Gasteiger charge is -2.27. The summed E-state index contributed by atoms with van der Waals surface area (Å²) in [6.07, 6.45) is 1.70. The van der Waals surface area contributed by atoms with Gasteiger partial charge in [0, 0.05) is 19.1 Å². The number of halogens is 1. The highest BCUT2D eigenvalue weighted by Crippen LogP contribution is 2.10. The second-order valence-corrected chi connectivity index (χ2v) is 3.88. The molecule has 1 aliphatic rings. The summed E-state index contributed by atoms with van der Waals surface area (Å²) in [5.41, 5.74) is 5.02. The van der Waals surface area contributed by atoms with Gasteiger partial charge in [0.1, 0.15) is 6.42 Å². The predicted octanol–water partition coefficient (Wildman–Crippen LogP) is -0.116. The highest BCUT2D eigenvalue weighted by molar-refractivity contribution is 5.96. The molecular formula is C10H20ClN3O2. The number of nitrogens with zero attached hydrogens (tertiary/aromatic N) is 1. The number of amides is 2. The van der Waals surface area contributed by atoms with E-state index in [2.05, 4.69) is 5.32 Å². The van der Waals surface area contributed by atoms with Gasteiger partial charge in [-0.25, -0.2) is 0 Å². The van der Waals surface area contributed by atoms with E-state index in [1.54, 1.807) is 4.90 Å². The van der Waals surface area contributed by atoms with Gasteiger partial charge in [-0.1, -0.05) is 6.92 Å². The molecule has 1 heterocycles. The number of nitrogens with one attached hydrogen (secondary N) is 1. The first-order valence-corrected chi connectivity index (χ1v) is 5.43. The maximum Gasteiger partial charge on any atom is 0.232 e. The van der Waals surface area contributed by atoms with E-state index in [4.69, 9.17) is 5.73 Å². The summed E-state index contributed by atoms with van der Waals surface area (Å²) < 4.78 is 0. The van der Waals surface area contributed by atoms with E-state index in [1.165, 1.54) is 0 Å². The molecule has 3 N–H and O–H groups in total. The van der Waals surface area contributed by atoms with Crippen molar-refractivity contribution in [1.29, 1.82) is 0 Å². The van der Waals surface area contributed by atoms with E-state index in [1.807, 2.05) is 6.92 Å². The third-order valence-electron chi connectivity index (χ3n) is 2.59. The monoisotopic (exact) mass is 249 g/mol. The van der Waals surface area contributed by atoms with Crippen LogP contribution in [0.25, 0.3) is 0 Å². The summed E-state index contributed by atoms with van der Waals surface area (Å²) in [5.74, 6) is -0.690. The number of hydrogen-bond acceptors (Lipinski definition) is 3. The van der Waals surface area contributed by atoms with Gasteiger partial charge in [0.2, 0.25) is 11.8 Å². The highest BCUT2D eigenvalue weighted by atomic mass is 35.5. The van der Waals surface area contributed by atoms with Crippen molar-refractivity contribution in [3.05, 3.63) is 0 Å². The number of carbonyl (C=O) groups is 2. The van der Waals surface area contributed by atoms with Crippen LogP contribution in [0.3, 0.4) is 0 Å². The topological polar surface area (TPSA) is 75.4 Å². The summed E-state index contributed by atoms with van der Waals surface area (Å²) in [7, 11) is 0. The molecule has 2 amide bonds. The molecule has 0 aliphatic carbocycles. The van der Waals surface area contributed by atoms with Gasteiger partial charge in [-0.05, 0) is 19.4 Å². The minimum Gasteiger partial charge on any atom is -0.369 e. The molecule has 5 nitrogen and oxygen atoms in total. The minimum atomic E-state index is -0.549. The lowest BCUT2D eigenvalue weighted by molar-refractivity contribution is -0.136. The fraction of sp³-hybridized carbons (Fsp3) is 0.800. The van der Waals surface area contributed by atoms with Crippen LogP contribution in [0.15, 0.2) is 0 Å². The Morgan fingerprint density at radius 2 is 2.19 bits per heavy atom. The van der Waals surface area contributed by atoms with E-state index in [0.29, 0.717) is 6.54 Å². The zero-order chi connectivity index (χ0) is 11.3. The fourth-order valence-corrected chi connectivity index (χ4v) is 1.91. The van der Waals surface area contributed by atoms with Gasteiger partial charge in [0.15, 0.2) is 0 Å². The average molecular weight is 250 g/mol. The summed E-state index contributed by atoms with van der Waals surface area (Å²) in [6, 6.07) is 0.233. The molecule has 0 radical (unpaired) electrons. The van der Waals surface area contributed by atoms with Gasteiger partial charge in [-0.15, -0.1) is 12.4 Å². The van der Waals surface area contributed by atoms with Gasteiger partial charge in [0.05, 0.1) is 0 Å². The van der Waals surface area contributed by atoms with Gasteiger partial charge >= 0.3 is 0 Å². The first kappa shape index (κ1) is 15.2. The quantitative estimate of drug-likeness (QED) is 0.668. The maximum atomic E-state index is 11.7. The Bertz CT molecular complexity index is 242. The molecule has 1 atom stereocenters. The standard InChI is InChI=1S/C10H19N3O2.ClH/c1-2-5-13(8-3-4-12-7-8)10(15)6-9(11)14;/h8,12H,2-7H2,1H3,(H2,11,14);1H. The Morgan fingerprint density at radius 3 is 2.62 bits per heavy atom. The molecule has 16 heavy (non-hydrogen) atoms. The van der Waals surface area contributed by atoms with Crippen LogP contribution in [0.2, 0.25) is 0 Å². The van der Waals surface area contributed by atoms with Crippen molar-refractivity contribution in [3.63, 3.8) is 0 Å². The van der Waals surface area contributed by atoms with Crippen molar-refractivity contribution in [2.75, 3.05) is 19.6 Å². The van der Waals surface area contributed by atoms with Crippen LogP contribution in [0, 0.1) is 0 Å². The first-order chi connectivity index (χ1) is 7.15. The van der Waals surface area contributed by atoms with Gasteiger partial charge in [-0.3, -0.25) is 9.59 Å². The SMILES string of the molecule is CCCN(C(=O)CC(N)=O)C1CCNC1.Cl. The summed E-state index contributed by atoms with van der Waals surface area (Å²) in [4.78, 5) is 24.2. The van der Waals surface area contributed by atoms with Crippen LogP contribution in [0.5, 0.6) is 0 Å². The largest absolute Gasteiger partial charge is 0.369 e. The zero-order valence-electron chi connectivity index (χ0n) is 9.57. The normalized spacial score (nSPS) is 18.9. The Morgan fingerprint density at radius 1 is 1.50 bits per heavy atom. The highest BCUT2D eigenvalue weighted by Gasteiger charge is 2.26. The fourth-order valence-electron chi connectivity index (χ4n) is 1.91. The maximum absolute atomic E-state index is 11.7. The second kappa shape index (κ2) is 7.46. The van der Waals surface area contributed by atoms with E-state index in [0.717, 1.165) is 25.9 Å². The number of nitrogens with two attached hydrogens (primary N) is 1. The van der Waals surface area contributed by atoms with Crippen LogP contribution < -0.4 is 11.1 Å². The van der Waals surface area contributed by atoms with Gasteiger partial charge in [0.25, 0.3) is 0 Å². The van der Waals surface area contributed by atoms with E-state index < -0.39 is 5.91 Å². The molecule has 1 saturated heterocycles. The van der Waals surface area contributed by atoms with Crippen molar-refractivity contribution in [3.8, 4) is 0 Å². The average Bonchev–Trinajstić information content (AvgIpc) is 2.65. The minimum absolute atomic E-state index is 0. The molecule has 0 spiro atoms. The van der Waals surface area contributed by atoms with Gasteiger partial charge in [-0.2, -0.15) is 0 Å².